The van der Waals surface area contributed by atoms with Gasteiger partial charge in [-0.1, -0.05) is 23.8 Å². The number of rotatable bonds is 6. The van der Waals surface area contributed by atoms with Crippen LogP contribution in [0.15, 0.2) is 36.5 Å². The first-order chi connectivity index (χ1) is 13.1. The predicted molar refractivity (Wildman–Crippen MR) is 107 cm³/mol. The van der Waals surface area contributed by atoms with Crippen LogP contribution in [-0.2, 0) is 6.54 Å². The van der Waals surface area contributed by atoms with Crippen molar-refractivity contribution >= 4 is 11.8 Å². The summed E-state index contributed by atoms with van der Waals surface area (Å²) in [5.74, 6) is 1.79. The van der Waals surface area contributed by atoms with Gasteiger partial charge in [0.25, 0.3) is 0 Å². The minimum atomic E-state index is -0.213. The summed E-state index contributed by atoms with van der Waals surface area (Å²) >= 11 is 0. The van der Waals surface area contributed by atoms with E-state index in [4.69, 9.17) is 4.74 Å². The fourth-order valence-electron chi connectivity index (χ4n) is 3.35. The first-order valence-electron chi connectivity index (χ1n) is 9.45. The first-order valence-corrected chi connectivity index (χ1v) is 9.45. The van der Waals surface area contributed by atoms with E-state index in [-0.39, 0.29) is 12.1 Å². The van der Waals surface area contributed by atoms with Crippen molar-refractivity contribution in [3.05, 3.63) is 53.2 Å². The van der Waals surface area contributed by atoms with Gasteiger partial charge in [0.2, 0.25) is 0 Å². The Kier molecular flexibility index (Phi) is 6.16. The summed E-state index contributed by atoms with van der Waals surface area (Å²) in [6, 6.07) is 9.63. The Bertz CT molecular complexity index is 770. The summed E-state index contributed by atoms with van der Waals surface area (Å²) in [6.45, 7) is 6.56. The van der Waals surface area contributed by atoms with Crippen LogP contribution in [0.5, 0.6) is 5.75 Å². The topological polar surface area (TPSA) is 66.5 Å². The number of hydrogen-bond donors (Lipinski definition) is 2. The van der Waals surface area contributed by atoms with Gasteiger partial charge in [0, 0.05) is 31.4 Å². The molecule has 2 N–H and O–H groups in total. The number of aromatic nitrogens is 1. The number of ether oxygens (including phenoxy) is 1. The Morgan fingerprint density at radius 1 is 1.26 bits per heavy atom. The highest BCUT2D eigenvalue weighted by Gasteiger charge is 2.15. The van der Waals surface area contributed by atoms with E-state index in [2.05, 4.69) is 20.5 Å². The summed E-state index contributed by atoms with van der Waals surface area (Å²) < 4.78 is 5.40. The Hall–Kier alpha value is -2.76. The molecular formula is C21H28N4O2. The fourth-order valence-corrected chi connectivity index (χ4v) is 3.35. The minimum Gasteiger partial charge on any atom is -0.496 e. The van der Waals surface area contributed by atoms with Crippen molar-refractivity contribution in [3.63, 3.8) is 0 Å². The van der Waals surface area contributed by atoms with Crippen molar-refractivity contribution in [2.45, 2.75) is 39.3 Å². The maximum atomic E-state index is 12.3. The minimum absolute atomic E-state index is 0.157. The molecule has 0 spiro atoms. The molecule has 2 aromatic rings. The maximum Gasteiger partial charge on any atom is 0.315 e. The monoisotopic (exact) mass is 368 g/mol. The van der Waals surface area contributed by atoms with Crippen LogP contribution in [0.4, 0.5) is 10.6 Å². The van der Waals surface area contributed by atoms with Gasteiger partial charge in [0.05, 0.1) is 13.2 Å². The van der Waals surface area contributed by atoms with Gasteiger partial charge in [0.15, 0.2) is 0 Å². The third kappa shape index (κ3) is 4.90. The van der Waals surface area contributed by atoms with Crippen molar-refractivity contribution in [2.75, 3.05) is 25.1 Å². The van der Waals surface area contributed by atoms with Crippen LogP contribution in [0.3, 0.4) is 0 Å². The highest BCUT2D eigenvalue weighted by molar-refractivity contribution is 5.74. The molecule has 1 aliphatic heterocycles. The second-order valence-corrected chi connectivity index (χ2v) is 7.01. The van der Waals surface area contributed by atoms with Crippen LogP contribution in [0.25, 0.3) is 0 Å². The van der Waals surface area contributed by atoms with E-state index in [9.17, 15) is 4.79 Å². The summed E-state index contributed by atoms with van der Waals surface area (Å²) in [4.78, 5) is 19.1. The quantitative estimate of drug-likeness (QED) is 0.818. The van der Waals surface area contributed by atoms with Gasteiger partial charge in [-0.15, -0.1) is 0 Å². The molecule has 1 aromatic carbocycles. The molecule has 27 heavy (non-hydrogen) atoms. The molecule has 0 saturated carbocycles. The molecule has 6 heteroatoms. The van der Waals surface area contributed by atoms with Crippen molar-refractivity contribution in [3.8, 4) is 5.75 Å². The SMILES string of the molecule is COc1ccc(C)cc1C(C)NC(=O)NCc1ccc(N2CCCC2)nc1. The highest BCUT2D eigenvalue weighted by Crippen LogP contribution is 2.26. The van der Waals surface area contributed by atoms with Gasteiger partial charge in [-0.25, -0.2) is 9.78 Å². The number of pyridine rings is 1. The van der Waals surface area contributed by atoms with Crippen LogP contribution in [0, 0.1) is 6.92 Å². The Morgan fingerprint density at radius 2 is 2.04 bits per heavy atom. The second-order valence-electron chi connectivity index (χ2n) is 7.01. The van der Waals surface area contributed by atoms with Gasteiger partial charge >= 0.3 is 6.03 Å². The van der Waals surface area contributed by atoms with Crippen LogP contribution in [0.1, 0.15) is 42.5 Å². The number of urea groups is 1. The summed E-state index contributed by atoms with van der Waals surface area (Å²) in [6.07, 6.45) is 4.30. The smallest absolute Gasteiger partial charge is 0.315 e. The van der Waals surface area contributed by atoms with Crippen molar-refractivity contribution in [2.24, 2.45) is 0 Å². The lowest BCUT2D eigenvalue weighted by molar-refractivity contribution is 0.237. The van der Waals surface area contributed by atoms with E-state index in [1.165, 1.54) is 12.8 Å². The van der Waals surface area contributed by atoms with E-state index in [0.29, 0.717) is 6.54 Å². The number of nitrogens with one attached hydrogen (secondary N) is 2. The molecule has 0 aliphatic carbocycles. The second kappa shape index (κ2) is 8.75. The van der Waals surface area contributed by atoms with Gasteiger partial charge in [-0.2, -0.15) is 0 Å². The molecule has 1 atom stereocenters. The number of aryl methyl sites for hydroxylation is 1. The van der Waals surface area contributed by atoms with Gasteiger partial charge < -0.3 is 20.3 Å². The third-order valence-corrected chi connectivity index (χ3v) is 4.89. The van der Waals surface area contributed by atoms with Gasteiger partial charge in [-0.05, 0) is 44.4 Å². The van der Waals surface area contributed by atoms with E-state index < -0.39 is 0 Å². The molecule has 3 rings (SSSR count). The normalized spacial score (nSPS) is 14.7. The van der Waals surface area contributed by atoms with Crippen molar-refractivity contribution in [1.29, 1.82) is 0 Å². The molecule has 0 radical (unpaired) electrons. The first kappa shape index (κ1) is 19.0. The number of amides is 2. The molecule has 1 saturated heterocycles. The maximum absolute atomic E-state index is 12.3. The molecule has 1 aliphatic rings. The average Bonchev–Trinajstić information content (AvgIpc) is 3.21. The molecule has 2 heterocycles. The summed E-state index contributed by atoms with van der Waals surface area (Å²) in [7, 11) is 1.64. The number of carbonyl (C=O) groups is 1. The summed E-state index contributed by atoms with van der Waals surface area (Å²) in [5, 5.41) is 5.86. The number of methoxy groups -OCH3 is 1. The number of carbonyl (C=O) groups excluding carboxylic acids is 1. The Labute approximate surface area is 160 Å². The molecule has 1 unspecified atom stereocenters. The van der Waals surface area contributed by atoms with Crippen LogP contribution < -0.4 is 20.3 Å². The van der Waals surface area contributed by atoms with Crippen LogP contribution >= 0.6 is 0 Å². The van der Waals surface area contributed by atoms with Gasteiger partial charge in [0.1, 0.15) is 11.6 Å². The number of benzene rings is 1. The average molecular weight is 368 g/mol. The molecule has 144 valence electrons. The zero-order valence-corrected chi connectivity index (χ0v) is 16.3. The van der Waals surface area contributed by atoms with Crippen LogP contribution in [-0.4, -0.2) is 31.2 Å². The molecule has 1 aromatic heterocycles. The number of anilines is 1. The predicted octanol–water partition coefficient (Wildman–Crippen LogP) is 3.56. The van der Waals surface area contributed by atoms with E-state index >= 15 is 0 Å². The molecule has 6 nitrogen and oxygen atoms in total. The Morgan fingerprint density at radius 3 is 2.70 bits per heavy atom. The lowest BCUT2D eigenvalue weighted by Gasteiger charge is -2.19. The standard InChI is InChI=1S/C21H28N4O2/c1-15-6-8-19(27-3)18(12-15)16(2)24-21(26)23-14-17-7-9-20(22-13-17)25-10-4-5-11-25/h6-9,12-13,16H,4-5,10-11,14H2,1-3H3,(H2,23,24,26). The van der Waals surface area contributed by atoms with E-state index in [1.807, 2.05) is 50.4 Å². The number of nitrogens with zero attached hydrogens (tertiary/aromatic N) is 2. The van der Waals surface area contributed by atoms with E-state index in [1.54, 1.807) is 7.11 Å². The number of hydrogen-bond acceptors (Lipinski definition) is 4. The highest BCUT2D eigenvalue weighted by atomic mass is 16.5. The molecule has 1 fully saturated rings. The Balaban J connectivity index is 1.52. The third-order valence-electron chi connectivity index (χ3n) is 4.89. The van der Waals surface area contributed by atoms with Crippen molar-refractivity contribution < 1.29 is 9.53 Å². The van der Waals surface area contributed by atoms with Crippen LogP contribution in [0.2, 0.25) is 0 Å². The molecule has 2 amide bonds. The lowest BCUT2D eigenvalue weighted by atomic mass is 10.0. The summed E-state index contributed by atoms with van der Waals surface area (Å²) in [5.41, 5.74) is 3.07. The van der Waals surface area contributed by atoms with Crippen molar-refractivity contribution in [1.82, 2.24) is 15.6 Å². The molecule has 0 bridgehead atoms. The zero-order valence-electron chi connectivity index (χ0n) is 16.3. The van der Waals surface area contributed by atoms with Gasteiger partial charge in [-0.3, -0.25) is 0 Å². The fraction of sp³-hybridized carbons (Fsp3) is 0.429. The van der Waals surface area contributed by atoms with E-state index in [0.717, 1.165) is 41.3 Å². The molecular weight excluding hydrogens is 340 g/mol. The zero-order chi connectivity index (χ0) is 19.2. The lowest BCUT2D eigenvalue weighted by Crippen LogP contribution is -2.36. The largest absolute Gasteiger partial charge is 0.496 e.